The largest absolute Gasteiger partial charge is 0.462 e. The van der Waals surface area contributed by atoms with Crippen molar-refractivity contribution in [2.24, 2.45) is 0 Å². The molecule has 0 aliphatic rings. The molecule has 0 aromatic heterocycles. The predicted octanol–water partition coefficient (Wildman–Crippen LogP) is 21.8. The Morgan fingerprint density at radius 3 is 0.870 bits per heavy atom. The van der Waals surface area contributed by atoms with Crippen molar-refractivity contribution in [3.8, 4) is 0 Å². The van der Waals surface area contributed by atoms with E-state index in [0.29, 0.717) is 19.3 Å². The topological polar surface area (TPSA) is 78.9 Å². The predicted molar refractivity (Wildman–Crippen MR) is 334 cm³/mol. The molecule has 436 valence electrons. The highest BCUT2D eigenvalue weighted by molar-refractivity contribution is 5.71. The number of hydrogen-bond donors (Lipinski definition) is 0. The lowest BCUT2D eigenvalue weighted by Crippen LogP contribution is -2.30. The number of rotatable bonds is 56. The third-order valence-corrected chi connectivity index (χ3v) is 13.1. The lowest BCUT2D eigenvalue weighted by molar-refractivity contribution is -0.166. The highest BCUT2D eigenvalue weighted by Crippen LogP contribution is 2.14. The molecule has 0 N–H and O–H groups in total. The smallest absolute Gasteiger partial charge is 0.306 e. The van der Waals surface area contributed by atoms with Crippen molar-refractivity contribution in [3.63, 3.8) is 0 Å². The van der Waals surface area contributed by atoms with Gasteiger partial charge in [0.1, 0.15) is 13.2 Å². The van der Waals surface area contributed by atoms with Crippen LogP contribution >= 0.6 is 0 Å². The van der Waals surface area contributed by atoms with E-state index in [1.165, 1.54) is 122 Å². The van der Waals surface area contributed by atoms with E-state index in [0.717, 1.165) is 109 Å². The Bertz CT molecular complexity index is 1650. The maximum atomic E-state index is 12.9. The Morgan fingerprint density at radius 2 is 0.532 bits per heavy atom. The van der Waals surface area contributed by atoms with E-state index in [-0.39, 0.29) is 31.6 Å². The first-order valence-corrected chi connectivity index (χ1v) is 31.7. The first-order valence-electron chi connectivity index (χ1n) is 31.7. The molecule has 0 saturated heterocycles. The van der Waals surface area contributed by atoms with Gasteiger partial charge in [-0.1, -0.05) is 264 Å². The zero-order valence-corrected chi connectivity index (χ0v) is 49.9. The molecule has 6 nitrogen and oxygen atoms in total. The van der Waals surface area contributed by atoms with Crippen molar-refractivity contribution in [2.75, 3.05) is 13.2 Å². The zero-order valence-electron chi connectivity index (χ0n) is 49.9. The number of allylic oxidation sites excluding steroid dienone is 22. The fourth-order valence-electron chi connectivity index (χ4n) is 8.39. The van der Waals surface area contributed by atoms with Gasteiger partial charge in [-0.15, -0.1) is 0 Å². The number of hydrogen-bond acceptors (Lipinski definition) is 6. The van der Waals surface area contributed by atoms with Crippen LogP contribution in [0.2, 0.25) is 0 Å². The monoisotopic (exact) mass is 1060 g/mol. The maximum absolute atomic E-state index is 12.9. The highest BCUT2D eigenvalue weighted by atomic mass is 16.6. The summed E-state index contributed by atoms with van der Waals surface area (Å²) in [5, 5.41) is 0. The molecule has 0 heterocycles. The van der Waals surface area contributed by atoms with Crippen LogP contribution < -0.4 is 0 Å². The van der Waals surface area contributed by atoms with Gasteiger partial charge >= 0.3 is 17.9 Å². The standard InChI is InChI=1S/C71H116O6/c1-4-7-10-13-16-19-22-25-28-31-34-35-38-40-43-46-49-52-55-58-61-64-70(73)76-67-68(77-71(74)65-62-59-56-53-50-47-44-41-37-33-30-27-24-21-18-15-12-9-6-3)66-75-69(72)63-60-57-54-51-48-45-42-39-36-32-29-26-23-20-17-14-11-8-5-2/h9,12,17-18,20-22,25-27,29-31,34,37-38,40-41,47,50,56,59,68H,4-8,10-11,13-16,19,23-24,28,32-33,35-36,39,42-46,48-49,51-55,57-58,60-67H2,1-3H3/b12-9-,20-17-,21-18-,25-22-,29-26-,30-27-,34-31-,40-38-,41-37-,50-47-,59-56-. The van der Waals surface area contributed by atoms with Crippen LogP contribution in [0.3, 0.4) is 0 Å². The van der Waals surface area contributed by atoms with Crippen molar-refractivity contribution in [1.29, 1.82) is 0 Å². The fourth-order valence-corrected chi connectivity index (χ4v) is 8.39. The SMILES string of the molecule is CC/C=C\C/C=C\C/C=C\C/C=C\C/C=C\C/C=C\CCC(=O)OC(COC(=O)CCCCCCCC/C=C\C/C=C\C/C=C\CCCCCCC)COC(=O)CCCCCCCCCCC/C=C\C/C=C\CCCCC. The molecule has 0 aliphatic carbocycles. The summed E-state index contributed by atoms with van der Waals surface area (Å²) in [4.78, 5) is 38.3. The molecule has 1 unspecified atom stereocenters. The maximum Gasteiger partial charge on any atom is 0.306 e. The Kier molecular flexibility index (Phi) is 60.4. The van der Waals surface area contributed by atoms with E-state index in [1.54, 1.807) is 0 Å². The van der Waals surface area contributed by atoms with Crippen LogP contribution in [-0.4, -0.2) is 37.2 Å². The molecule has 0 radical (unpaired) electrons. The lowest BCUT2D eigenvalue weighted by Gasteiger charge is -2.18. The van der Waals surface area contributed by atoms with Gasteiger partial charge < -0.3 is 14.2 Å². The lowest BCUT2D eigenvalue weighted by atomic mass is 10.1. The average Bonchev–Trinajstić information content (AvgIpc) is 3.43. The quantitative estimate of drug-likeness (QED) is 0.0261. The summed E-state index contributed by atoms with van der Waals surface area (Å²) in [6, 6.07) is 0. The molecule has 0 aliphatic heterocycles. The number of ether oxygens (including phenoxy) is 3. The second-order valence-electron chi connectivity index (χ2n) is 20.6. The van der Waals surface area contributed by atoms with Gasteiger partial charge in [-0.25, -0.2) is 0 Å². The zero-order chi connectivity index (χ0) is 55.7. The van der Waals surface area contributed by atoms with Crippen molar-refractivity contribution < 1.29 is 28.6 Å². The van der Waals surface area contributed by atoms with E-state index in [9.17, 15) is 14.4 Å². The number of esters is 3. The molecule has 1 atom stereocenters. The van der Waals surface area contributed by atoms with Crippen molar-refractivity contribution in [3.05, 3.63) is 134 Å². The number of carbonyl (C=O) groups excluding carboxylic acids is 3. The minimum absolute atomic E-state index is 0.118. The molecule has 0 amide bonds. The van der Waals surface area contributed by atoms with Gasteiger partial charge in [0.25, 0.3) is 0 Å². The molecular weight excluding hydrogens is 949 g/mol. The number of carbonyl (C=O) groups is 3. The first-order chi connectivity index (χ1) is 38.0. The molecule has 0 aromatic rings. The molecule has 0 fully saturated rings. The first kappa shape index (κ1) is 72.5. The van der Waals surface area contributed by atoms with Crippen molar-refractivity contribution >= 4 is 17.9 Å². The van der Waals surface area contributed by atoms with Crippen LogP contribution in [0.4, 0.5) is 0 Å². The van der Waals surface area contributed by atoms with Crippen LogP contribution in [0.25, 0.3) is 0 Å². The summed E-state index contributed by atoms with van der Waals surface area (Å²) in [7, 11) is 0. The second kappa shape index (κ2) is 64.1. The summed E-state index contributed by atoms with van der Waals surface area (Å²) in [6.07, 6.45) is 90.3. The molecule has 0 rings (SSSR count). The van der Waals surface area contributed by atoms with E-state index >= 15 is 0 Å². The van der Waals surface area contributed by atoms with Crippen LogP contribution in [0, 0.1) is 0 Å². The second-order valence-corrected chi connectivity index (χ2v) is 20.6. The summed E-state index contributed by atoms with van der Waals surface area (Å²) >= 11 is 0. The molecule has 6 heteroatoms. The highest BCUT2D eigenvalue weighted by Gasteiger charge is 2.19. The molecule has 0 spiro atoms. The van der Waals surface area contributed by atoms with Gasteiger partial charge in [-0.2, -0.15) is 0 Å². The average molecular weight is 1070 g/mol. The molecule has 77 heavy (non-hydrogen) atoms. The van der Waals surface area contributed by atoms with Crippen molar-refractivity contribution in [1.82, 2.24) is 0 Å². The summed E-state index contributed by atoms with van der Waals surface area (Å²) in [5.74, 6) is -1.02. The van der Waals surface area contributed by atoms with Crippen LogP contribution in [0.5, 0.6) is 0 Å². The van der Waals surface area contributed by atoms with Gasteiger partial charge in [0.2, 0.25) is 0 Å². The van der Waals surface area contributed by atoms with E-state index in [1.807, 2.05) is 6.08 Å². The van der Waals surface area contributed by atoms with Crippen LogP contribution in [0.1, 0.15) is 278 Å². The minimum atomic E-state index is -0.833. The fraction of sp³-hybridized carbons (Fsp3) is 0.648. The Hall–Kier alpha value is -4.45. The molecule has 0 aromatic carbocycles. The van der Waals surface area contributed by atoms with Gasteiger partial charge in [-0.3, -0.25) is 14.4 Å². The normalized spacial score (nSPS) is 13.0. The Balaban J connectivity index is 4.54. The van der Waals surface area contributed by atoms with E-state index in [4.69, 9.17) is 14.2 Å². The third-order valence-electron chi connectivity index (χ3n) is 13.1. The van der Waals surface area contributed by atoms with Gasteiger partial charge in [0.15, 0.2) is 6.10 Å². The molecule has 0 saturated carbocycles. The van der Waals surface area contributed by atoms with Crippen LogP contribution in [0.15, 0.2) is 134 Å². The summed E-state index contributed by atoms with van der Waals surface area (Å²) in [5.41, 5.74) is 0. The summed E-state index contributed by atoms with van der Waals surface area (Å²) in [6.45, 7) is 6.42. The van der Waals surface area contributed by atoms with Gasteiger partial charge in [-0.05, 0) is 128 Å². The molecular formula is C71H116O6. The van der Waals surface area contributed by atoms with Crippen LogP contribution in [-0.2, 0) is 28.6 Å². The summed E-state index contributed by atoms with van der Waals surface area (Å²) < 4.78 is 16.8. The van der Waals surface area contributed by atoms with Gasteiger partial charge in [0.05, 0.1) is 0 Å². The van der Waals surface area contributed by atoms with E-state index in [2.05, 4.69) is 148 Å². The Labute approximate surface area is 475 Å². The van der Waals surface area contributed by atoms with E-state index < -0.39 is 12.1 Å². The number of unbranched alkanes of at least 4 members (excludes halogenated alkanes) is 23. The minimum Gasteiger partial charge on any atom is -0.462 e. The third kappa shape index (κ3) is 62.3. The van der Waals surface area contributed by atoms with Crippen molar-refractivity contribution in [2.45, 2.75) is 284 Å². The molecule has 0 bridgehead atoms. The Morgan fingerprint density at radius 1 is 0.273 bits per heavy atom. The van der Waals surface area contributed by atoms with Gasteiger partial charge in [0, 0.05) is 19.3 Å².